The Labute approximate surface area is 110 Å². The van der Waals surface area contributed by atoms with Gasteiger partial charge in [-0.15, -0.1) is 0 Å². The van der Waals surface area contributed by atoms with Crippen molar-refractivity contribution in [1.82, 2.24) is 10.3 Å². The highest BCUT2D eigenvalue weighted by Crippen LogP contribution is 2.37. The molecule has 1 fully saturated rings. The fourth-order valence-electron chi connectivity index (χ4n) is 2.76. The van der Waals surface area contributed by atoms with E-state index in [9.17, 15) is 0 Å². The fourth-order valence-corrected chi connectivity index (χ4v) is 3.70. The molecule has 2 aromatic rings. The molecule has 1 aliphatic rings. The third-order valence-electron chi connectivity index (χ3n) is 3.81. The first-order chi connectivity index (χ1) is 8.18. The van der Waals surface area contributed by atoms with Gasteiger partial charge in [0, 0.05) is 33.5 Å². The van der Waals surface area contributed by atoms with Gasteiger partial charge in [0.1, 0.15) is 0 Å². The van der Waals surface area contributed by atoms with Gasteiger partial charge in [-0.2, -0.15) is 0 Å². The van der Waals surface area contributed by atoms with Crippen LogP contribution in [-0.4, -0.2) is 18.1 Å². The lowest BCUT2D eigenvalue weighted by atomic mass is 10.0. The van der Waals surface area contributed by atoms with Crippen LogP contribution in [0.1, 0.15) is 29.2 Å². The zero-order valence-electron chi connectivity index (χ0n) is 10.2. The average Bonchev–Trinajstić information content (AvgIpc) is 2.91. The van der Waals surface area contributed by atoms with E-state index in [1.54, 1.807) is 0 Å². The Morgan fingerprint density at radius 3 is 2.65 bits per heavy atom. The van der Waals surface area contributed by atoms with E-state index in [4.69, 9.17) is 0 Å². The molecule has 0 radical (unpaired) electrons. The number of H-pyrrole nitrogens is 1. The summed E-state index contributed by atoms with van der Waals surface area (Å²) in [7, 11) is 0. The summed E-state index contributed by atoms with van der Waals surface area (Å²) in [5, 5.41) is 4.78. The number of hydrogen-bond acceptors (Lipinski definition) is 1. The van der Waals surface area contributed by atoms with E-state index in [2.05, 4.69) is 52.2 Å². The number of rotatable bonds is 1. The van der Waals surface area contributed by atoms with Crippen molar-refractivity contribution < 1.29 is 0 Å². The van der Waals surface area contributed by atoms with E-state index < -0.39 is 0 Å². The molecule has 1 atom stereocenters. The lowest BCUT2D eigenvalue weighted by Gasteiger charge is -2.06. The number of hydrogen-bond donors (Lipinski definition) is 2. The molecule has 17 heavy (non-hydrogen) atoms. The number of halogens is 1. The molecule has 1 aromatic heterocycles. The Balaban J connectivity index is 2.24. The van der Waals surface area contributed by atoms with Crippen molar-refractivity contribution in [2.75, 3.05) is 13.1 Å². The van der Waals surface area contributed by atoms with Crippen LogP contribution in [0.4, 0.5) is 0 Å². The maximum absolute atomic E-state index is 3.79. The van der Waals surface area contributed by atoms with Gasteiger partial charge in [0.25, 0.3) is 0 Å². The molecule has 2 heterocycles. The molecule has 1 aromatic carbocycles. The highest BCUT2D eigenvalue weighted by Gasteiger charge is 2.23. The van der Waals surface area contributed by atoms with Gasteiger partial charge in [-0.05, 0) is 53.9 Å². The van der Waals surface area contributed by atoms with Crippen LogP contribution in [0.2, 0.25) is 0 Å². The Bertz CT molecular complexity index is 565. The van der Waals surface area contributed by atoms with E-state index in [1.807, 2.05) is 0 Å². The van der Waals surface area contributed by atoms with Crippen molar-refractivity contribution in [3.05, 3.63) is 33.4 Å². The summed E-state index contributed by atoms with van der Waals surface area (Å²) in [6.07, 6.45) is 1.23. The van der Waals surface area contributed by atoms with Crippen LogP contribution in [0.25, 0.3) is 10.9 Å². The number of benzene rings is 1. The zero-order valence-corrected chi connectivity index (χ0v) is 11.8. The van der Waals surface area contributed by atoms with Gasteiger partial charge in [0.05, 0.1) is 0 Å². The fraction of sp³-hybridized carbons (Fsp3) is 0.429. The van der Waals surface area contributed by atoms with Crippen molar-refractivity contribution in [2.24, 2.45) is 0 Å². The number of aromatic amines is 1. The van der Waals surface area contributed by atoms with Gasteiger partial charge in [0.2, 0.25) is 0 Å². The molecule has 0 amide bonds. The molecular weight excluding hydrogens is 276 g/mol. The minimum absolute atomic E-state index is 0.621. The first-order valence-corrected chi connectivity index (χ1v) is 6.95. The highest BCUT2D eigenvalue weighted by molar-refractivity contribution is 9.10. The van der Waals surface area contributed by atoms with Crippen molar-refractivity contribution in [1.29, 1.82) is 0 Å². The molecule has 1 unspecified atom stereocenters. The lowest BCUT2D eigenvalue weighted by Crippen LogP contribution is -2.08. The van der Waals surface area contributed by atoms with Crippen LogP contribution in [0.3, 0.4) is 0 Å². The normalized spacial score (nSPS) is 20.3. The number of nitrogens with one attached hydrogen (secondary N) is 2. The van der Waals surface area contributed by atoms with E-state index in [0.29, 0.717) is 5.92 Å². The van der Waals surface area contributed by atoms with Crippen molar-refractivity contribution in [3.8, 4) is 0 Å². The summed E-state index contributed by atoms with van der Waals surface area (Å²) < 4.78 is 1.27. The maximum Gasteiger partial charge on any atom is 0.0500 e. The molecule has 0 aliphatic carbocycles. The lowest BCUT2D eigenvalue weighted by molar-refractivity contribution is 0.739. The summed E-state index contributed by atoms with van der Waals surface area (Å²) in [5.41, 5.74) is 5.32. The summed E-state index contributed by atoms with van der Waals surface area (Å²) >= 11 is 3.79. The second-order valence-corrected chi connectivity index (χ2v) is 5.78. The van der Waals surface area contributed by atoms with E-state index in [0.717, 1.165) is 13.1 Å². The Morgan fingerprint density at radius 1 is 1.24 bits per heavy atom. The molecule has 2 N–H and O–H groups in total. The largest absolute Gasteiger partial charge is 0.357 e. The van der Waals surface area contributed by atoms with Crippen LogP contribution in [0.15, 0.2) is 16.6 Å². The summed E-state index contributed by atoms with van der Waals surface area (Å²) in [6.45, 7) is 6.56. The minimum atomic E-state index is 0.621. The second kappa shape index (κ2) is 4.14. The highest BCUT2D eigenvalue weighted by atomic mass is 79.9. The van der Waals surface area contributed by atoms with Gasteiger partial charge < -0.3 is 10.3 Å². The van der Waals surface area contributed by atoms with E-state index >= 15 is 0 Å². The standard InChI is InChI=1S/C14H17BrN2/c1-8-3-4-9(2)13-11(8)12(15)14(17-13)10-5-6-16-7-10/h3-4,10,16-17H,5-7H2,1-2H3. The Morgan fingerprint density at radius 2 is 2.00 bits per heavy atom. The quantitative estimate of drug-likeness (QED) is 0.825. The first kappa shape index (κ1) is 11.3. The summed E-state index contributed by atoms with van der Waals surface area (Å²) in [4.78, 5) is 3.63. The molecule has 3 heteroatoms. The van der Waals surface area contributed by atoms with Crippen molar-refractivity contribution >= 4 is 26.8 Å². The van der Waals surface area contributed by atoms with Crippen LogP contribution in [0, 0.1) is 13.8 Å². The van der Waals surface area contributed by atoms with Gasteiger partial charge in [-0.3, -0.25) is 0 Å². The smallest absolute Gasteiger partial charge is 0.0500 e. The SMILES string of the molecule is Cc1ccc(C)c2c(Br)c(C3CCNC3)[nH]c12. The predicted octanol–water partition coefficient (Wildman–Crippen LogP) is 3.62. The van der Waals surface area contributed by atoms with E-state index in [-0.39, 0.29) is 0 Å². The van der Waals surface area contributed by atoms with Crippen molar-refractivity contribution in [3.63, 3.8) is 0 Å². The Kier molecular flexibility index (Phi) is 2.75. The van der Waals surface area contributed by atoms with Crippen molar-refractivity contribution in [2.45, 2.75) is 26.2 Å². The van der Waals surface area contributed by atoms with Crippen LogP contribution < -0.4 is 5.32 Å². The summed E-state index contributed by atoms with van der Waals surface area (Å²) in [5.74, 6) is 0.621. The van der Waals surface area contributed by atoms with Gasteiger partial charge >= 0.3 is 0 Å². The minimum Gasteiger partial charge on any atom is -0.357 e. The topological polar surface area (TPSA) is 27.8 Å². The molecule has 0 spiro atoms. The van der Waals surface area contributed by atoms with Crippen LogP contribution >= 0.6 is 15.9 Å². The van der Waals surface area contributed by atoms with Gasteiger partial charge in [0.15, 0.2) is 0 Å². The summed E-state index contributed by atoms with van der Waals surface area (Å²) in [6, 6.07) is 4.39. The second-order valence-electron chi connectivity index (χ2n) is 4.99. The molecule has 1 saturated heterocycles. The first-order valence-electron chi connectivity index (χ1n) is 6.16. The number of aryl methyl sites for hydroxylation is 2. The molecule has 1 aliphatic heterocycles. The van der Waals surface area contributed by atoms with Gasteiger partial charge in [-0.25, -0.2) is 0 Å². The van der Waals surface area contributed by atoms with Gasteiger partial charge in [-0.1, -0.05) is 12.1 Å². The van der Waals surface area contributed by atoms with Crippen LogP contribution in [0.5, 0.6) is 0 Å². The predicted molar refractivity (Wildman–Crippen MR) is 75.7 cm³/mol. The monoisotopic (exact) mass is 292 g/mol. The molecule has 3 rings (SSSR count). The average molecular weight is 293 g/mol. The Hall–Kier alpha value is -0.800. The molecule has 2 nitrogen and oxygen atoms in total. The molecule has 0 bridgehead atoms. The molecule has 0 saturated carbocycles. The molecule has 90 valence electrons. The third-order valence-corrected chi connectivity index (χ3v) is 4.63. The maximum atomic E-state index is 3.79. The third kappa shape index (κ3) is 1.72. The van der Waals surface area contributed by atoms with E-state index in [1.165, 1.54) is 38.6 Å². The number of fused-ring (bicyclic) bond motifs is 1. The van der Waals surface area contributed by atoms with Crippen LogP contribution in [-0.2, 0) is 0 Å². The number of aromatic nitrogens is 1. The molecular formula is C14H17BrN2. The zero-order chi connectivity index (χ0) is 12.0.